The van der Waals surface area contributed by atoms with Crippen LogP contribution in [0.3, 0.4) is 0 Å². The van der Waals surface area contributed by atoms with Crippen molar-refractivity contribution in [3.63, 3.8) is 0 Å². The van der Waals surface area contributed by atoms with Crippen LogP contribution < -0.4 is 14.8 Å². The van der Waals surface area contributed by atoms with Crippen molar-refractivity contribution in [2.24, 2.45) is 0 Å². The molecule has 0 aliphatic heterocycles. The fourth-order valence-electron chi connectivity index (χ4n) is 1.73. The summed E-state index contributed by atoms with van der Waals surface area (Å²) >= 11 is 0. The molecule has 0 aliphatic carbocycles. The first kappa shape index (κ1) is 32.0. The van der Waals surface area contributed by atoms with E-state index in [1.165, 1.54) is 17.0 Å². The molecule has 1 aromatic carbocycles. The standard InChI is InChI=1S/C10H13N3O6P2.5H2O/c14-20(15,16)10(21(17,18)19)12-9-11-6-7-13(9)8-4-2-1-3-5-8;;;;;/h1-7,10H,(H5,11,12,14,15,16,17,18,19);5*1H2. The lowest BCUT2D eigenvalue weighted by Crippen LogP contribution is -2.36. The molecule has 1 aromatic heterocycles. The summed E-state index contributed by atoms with van der Waals surface area (Å²) in [5.74, 6) is -0.000324. The maximum atomic E-state index is 11.2. The van der Waals surface area contributed by atoms with E-state index < -0.39 is 20.7 Å². The Morgan fingerprint density at radius 1 is 1.00 bits per heavy atom. The molecule has 14 nitrogen and oxygen atoms in total. The quantitative estimate of drug-likeness (QED) is 0.232. The second-order valence-corrected chi connectivity index (χ2v) is 7.93. The third kappa shape index (κ3) is 7.70. The van der Waals surface area contributed by atoms with Gasteiger partial charge in [-0.05, 0) is 12.1 Å². The van der Waals surface area contributed by atoms with Crippen LogP contribution in [0.15, 0.2) is 42.7 Å². The number of benzene rings is 1. The molecule has 154 valence electrons. The second-order valence-electron chi connectivity index (χ2n) is 4.19. The molecule has 15 N–H and O–H groups in total. The first-order chi connectivity index (χ1) is 9.69. The number of aromatic nitrogens is 2. The van der Waals surface area contributed by atoms with Crippen molar-refractivity contribution >= 4 is 21.1 Å². The van der Waals surface area contributed by atoms with Crippen LogP contribution in [-0.2, 0) is 9.13 Å². The second kappa shape index (κ2) is 11.9. The molecule has 2 aromatic rings. The molecule has 1 unspecified atom stereocenters. The maximum Gasteiger partial charge on any atom is 0.370 e. The van der Waals surface area contributed by atoms with Crippen LogP contribution >= 0.6 is 15.2 Å². The van der Waals surface area contributed by atoms with Crippen molar-refractivity contribution in [2.75, 3.05) is 5.32 Å². The number of para-hydroxylation sites is 1. The SMILES string of the molecule is O.O.O.O.O.O=P([O-])(O)[C@H](Nc1[nH]cc[n+]1-c1ccccc1)P(=O)(O)O. The average Bonchev–Trinajstić information content (AvgIpc) is 2.82. The zero-order chi connectivity index (χ0) is 15.7. The number of hydrogen-bond acceptors (Lipinski definition) is 4. The molecule has 1 heterocycles. The lowest BCUT2D eigenvalue weighted by atomic mass is 10.3. The van der Waals surface area contributed by atoms with Gasteiger partial charge in [-0.3, -0.25) is 9.88 Å². The van der Waals surface area contributed by atoms with Crippen LogP contribution in [0.25, 0.3) is 5.69 Å². The lowest BCUT2D eigenvalue weighted by molar-refractivity contribution is -0.578. The van der Waals surface area contributed by atoms with E-state index in [0.717, 1.165) is 0 Å². The Morgan fingerprint density at radius 3 is 1.92 bits per heavy atom. The Kier molecular flexibility index (Phi) is 14.6. The number of anilines is 1. The number of nitrogens with one attached hydrogen (secondary N) is 2. The Labute approximate surface area is 147 Å². The largest absolute Gasteiger partial charge is 0.776 e. The molecule has 0 aliphatic rings. The predicted molar refractivity (Wildman–Crippen MR) is 89.7 cm³/mol. The summed E-state index contributed by atoms with van der Waals surface area (Å²) in [7, 11) is -10.4. The first-order valence-corrected chi connectivity index (χ1v) is 9.02. The highest BCUT2D eigenvalue weighted by Crippen LogP contribution is 2.57. The minimum atomic E-state index is -5.31. The van der Waals surface area contributed by atoms with Gasteiger partial charge in [0.25, 0.3) is 0 Å². The molecule has 2 rings (SSSR count). The Hall–Kier alpha value is -1.67. The smallest absolute Gasteiger partial charge is 0.370 e. The third-order valence-corrected chi connectivity index (χ3v) is 5.90. The lowest BCUT2D eigenvalue weighted by Gasteiger charge is -2.25. The van der Waals surface area contributed by atoms with Crippen LogP contribution in [-0.4, -0.2) is 52.6 Å². The summed E-state index contributed by atoms with van der Waals surface area (Å²) in [4.78, 5) is 40.9. The van der Waals surface area contributed by atoms with Gasteiger partial charge in [-0.25, -0.2) is 9.55 Å². The van der Waals surface area contributed by atoms with Gasteiger partial charge < -0.3 is 51.5 Å². The highest BCUT2D eigenvalue weighted by Gasteiger charge is 2.41. The molecule has 16 heteroatoms. The van der Waals surface area contributed by atoms with Crippen molar-refractivity contribution in [1.82, 2.24) is 4.98 Å². The third-order valence-electron chi connectivity index (χ3n) is 2.61. The topological polar surface area (TPSA) is 307 Å². The van der Waals surface area contributed by atoms with Gasteiger partial charge in [0.15, 0.2) is 7.60 Å². The molecule has 2 atom stereocenters. The summed E-state index contributed by atoms with van der Waals surface area (Å²) < 4.78 is 23.8. The summed E-state index contributed by atoms with van der Waals surface area (Å²) in [6.45, 7) is 0. The monoisotopic (exact) mass is 423 g/mol. The van der Waals surface area contributed by atoms with Crippen molar-refractivity contribution in [2.45, 2.75) is 5.52 Å². The molecule has 0 saturated heterocycles. The van der Waals surface area contributed by atoms with Crippen molar-refractivity contribution in [1.29, 1.82) is 0 Å². The zero-order valence-electron chi connectivity index (χ0n) is 13.0. The molecule has 0 amide bonds. The van der Waals surface area contributed by atoms with E-state index in [1.54, 1.807) is 30.3 Å². The summed E-state index contributed by atoms with van der Waals surface area (Å²) in [6.07, 6.45) is 2.97. The molecule has 0 fully saturated rings. The Morgan fingerprint density at radius 2 is 1.50 bits per heavy atom. The van der Waals surface area contributed by atoms with Crippen molar-refractivity contribution in [3.05, 3.63) is 42.7 Å². The van der Waals surface area contributed by atoms with Gasteiger partial charge in [0.05, 0.1) is 6.20 Å². The van der Waals surface area contributed by atoms with E-state index in [-0.39, 0.29) is 33.3 Å². The molecule has 26 heavy (non-hydrogen) atoms. The summed E-state index contributed by atoms with van der Waals surface area (Å²) in [6, 6.07) is 8.68. The van der Waals surface area contributed by atoms with Crippen LogP contribution in [0.2, 0.25) is 0 Å². The Bertz CT molecular complexity index is 692. The van der Waals surface area contributed by atoms with Gasteiger partial charge in [0.1, 0.15) is 11.9 Å². The molecular weight excluding hydrogens is 400 g/mol. The van der Waals surface area contributed by atoms with Gasteiger partial charge in [0, 0.05) is 0 Å². The Balaban J connectivity index is -0.000000484. The van der Waals surface area contributed by atoms with E-state index in [1.807, 2.05) is 0 Å². The normalized spacial score (nSPS) is 13.1. The minimum absolute atomic E-state index is 0. The number of aromatic amines is 1. The van der Waals surface area contributed by atoms with Crippen molar-refractivity contribution < 1.29 is 60.7 Å². The average molecular weight is 423 g/mol. The molecule has 0 spiro atoms. The highest BCUT2D eigenvalue weighted by atomic mass is 31.2. The molecular formula is C10H23N3O11P2. The number of H-pyrrole nitrogens is 1. The summed E-state index contributed by atoms with van der Waals surface area (Å²) in [5, 5.41) is 2.12. The number of hydrogen-bond donors (Lipinski definition) is 5. The first-order valence-electron chi connectivity index (χ1n) is 5.69. The van der Waals surface area contributed by atoms with Crippen LogP contribution in [0.4, 0.5) is 5.95 Å². The van der Waals surface area contributed by atoms with Gasteiger partial charge >= 0.3 is 13.5 Å². The maximum absolute atomic E-state index is 11.2. The molecule has 0 saturated carbocycles. The van der Waals surface area contributed by atoms with E-state index in [9.17, 15) is 14.0 Å². The van der Waals surface area contributed by atoms with Gasteiger partial charge in [-0.1, -0.05) is 18.2 Å². The highest BCUT2D eigenvalue weighted by molar-refractivity contribution is 7.70. The van der Waals surface area contributed by atoms with E-state index in [0.29, 0.717) is 5.69 Å². The fourth-order valence-corrected chi connectivity index (χ4v) is 3.82. The number of nitrogens with zero attached hydrogens (tertiary/aromatic N) is 1. The molecule has 0 radical (unpaired) electrons. The van der Waals surface area contributed by atoms with Gasteiger partial charge in [0.2, 0.25) is 5.52 Å². The van der Waals surface area contributed by atoms with E-state index in [2.05, 4.69) is 10.3 Å². The molecule has 0 bridgehead atoms. The predicted octanol–water partition coefficient (Wildman–Crippen LogP) is -4.41. The van der Waals surface area contributed by atoms with Crippen LogP contribution in [0.5, 0.6) is 0 Å². The van der Waals surface area contributed by atoms with Gasteiger partial charge in [-0.15, -0.1) is 0 Å². The van der Waals surface area contributed by atoms with Crippen molar-refractivity contribution in [3.8, 4) is 5.69 Å². The van der Waals surface area contributed by atoms with Gasteiger partial charge in [-0.2, -0.15) is 0 Å². The van der Waals surface area contributed by atoms with Crippen LogP contribution in [0, 0.1) is 0 Å². The van der Waals surface area contributed by atoms with E-state index >= 15 is 0 Å². The minimum Gasteiger partial charge on any atom is -0.776 e. The zero-order valence-corrected chi connectivity index (χ0v) is 14.8. The number of rotatable bonds is 5. The van der Waals surface area contributed by atoms with Crippen LogP contribution in [0.1, 0.15) is 0 Å². The number of imidazole rings is 1. The summed E-state index contributed by atoms with van der Waals surface area (Å²) in [5.41, 5.74) is -1.80. The fraction of sp³-hybridized carbons (Fsp3) is 0.100. The van der Waals surface area contributed by atoms with E-state index in [4.69, 9.17) is 14.7 Å².